The molecule has 1 amide bonds. The second kappa shape index (κ2) is 9.97. The van der Waals surface area contributed by atoms with Gasteiger partial charge in [0.1, 0.15) is 5.82 Å². The molecule has 2 rings (SSSR count). The maximum atomic E-state index is 13.5. The molecule has 1 N–H and O–H groups in total. The minimum absolute atomic E-state index is 0.0914. The van der Waals surface area contributed by atoms with Gasteiger partial charge in [-0.05, 0) is 43.3 Å². The van der Waals surface area contributed by atoms with Crippen molar-refractivity contribution in [3.63, 3.8) is 0 Å². The smallest absolute Gasteiger partial charge is 0.307 e. The first-order valence-corrected chi connectivity index (χ1v) is 9.50. The molecule has 2 aromatic carbocycles. The molecule has 5 nitrogen and oxygen atoms in total. The minimum atomic E-state index is -0.913. The lowest BCUT2D eigenvalue weighted by molar-refractivity contribution is -0.152. The van der Waals surface area contributed by atoms with E-state index >= 15 is 0 Å². The molecule has 0 spiro atoms. The van der Waals surface area contributed by atoms with Gasteiger partial charge in [0, 0.05) is 36.1 Å². The Kier molecular flexibility index (Phi) is 7.67. The number of thioether (sulfide) groups is 1. The summed E-state index contributed by atoms with van der Waals surface area (Å²) in [5.41, 5.74) is 1.64. The number of anilines is 2. The number of halogens is 1. The van der Waals surface area contributed by atoms with Gasteiger partial charge in [-0.1, -0.05) is 12.1 Å². The van der Waals surface area contributed by atoms with Crippen molar-refractivity contribution in [1.29, 1.82) is 0 Å². The van der Waals surface area contributed by atoms with Crippen LogP contribution >= 0.6 is 11.8 Å². The summed E-state index contributed by atoms with van der Waals surface area (Å²) in [5, 5.41) is 2.71. The summed E-state index contributed by atoms with van der Waals surface area (Å²) in [7, 11) is 3.86. The molecule has 1 atom stereocenters. The first kappa shape index (κ1) is 20.8. The number of amides is 1. The molecule has 0 bridgehead atoms. The fourth-order valence-electron chi connectivity index (χ4n) is 2.20. The first-order chi connectivity index (χ1) is 12.9. The maximum Gasteiger partial charge on any atom is 0.307 e. The zero-order valence-corrected chi connectivity index (χ0v) is 16.4. The average Bonchev–Trinajstić information content (AvgIpc) is 2.63. The zero-order valence-electron chi connectivity index (χ0n) is 15.6. The number of rotatable bonds is 8. The largest absolute Gasteiger partial charge is 0.453 e. The highest BCUT2D eigenvalue weighted by atomic mass is 32.2. The van der Waals surface area contributed by atoms with Gasteiger partial charge >= 0.3 is 5.97 Å². The molecular formula is C20H23FN2O3S. The summed E-state index contributed by atoms with van der Waals surface area (Å²) >= 11 is 1.24. The molecule has 2 aromatic rings. The number of hydrogen-bond donors (Lipinski definition) is 1. The van der Waals surface area contributed by atoms with E-state index in [1.165, 1.54) is 24.8 Å². The van der Waals surface area contributed by atoms with E-state index in [0.717, 1.165) is 5.69 Å². The third-order valence-electron chi connectivity index (χ3n) is 3.73. The van der Waals surface area contributed by atoms with E-state index in [4.69, 9.17) is 4.74 Å². The Morgan fingerprint density at radius 2 is 1.81 bits per heavy atom. The Bertz CT molecular complexity index is 781. The Hall–Kier alpha value is -2.54. The number of carbonyl (C=O) groups is 2. The van der Waals surface area contributed by atoms with Gasteiger partial charge in [-0.25, -0.2) is 4.39 Å². The van der Waals surface area contributed by atoms with Crippen molar-refractivity contribution in [3.05, 3.63) is 54.3 Å². The van der Waals surface area contributed by atoms with Crippen LogP contribution in [0.5, 0.6) is 0 Å². The van der Waals surface area contributed by atoms with Crippen molar-refractivity contribution < 1.29 is 18.7 Å². The monoisotopic (exact) mass is 390 g/mol. The van der Waals surface area contributed by atoms with Gasteiger partial charge in [0.15, 0.2) is 6.10 Å². The number of benzene rings is 2. The van der Waals surface area contributed by atoms with E-state index < -0.39 is 18.0 Å². The third-order valence-corrected chi connectivity index (χ3v) is 4.78. The van der Waals surface area contributed by atoms with Crippen LogP contribution in [0.3, 0.4) is 0 Å². The Balaban J connectivity index is 1.76. The van der Waals surface area contributed by atoms with Crippen LogP contribution in [-0.2, 0) is 14.3 Å². The van der Waals surface area contributed by atoms with Crippen LogP contribution < -0.4 is 10.2 Å². The van der Waals surface area contributed by atoms with Gasteiger partial charge in [0.25, 0.3) is 5.91 Å². The van der Waals surface area contributed by atoms with Gasteiger partial charge in [0.2, 0.25) is 0 Å². The lowest BCUT2D eigenvalue weighted by Crippen LogP contribution is -2.30. The molecule has 27 heavy (non-hydrogen) atoms. The summed E-state index contributed by atoms with van der Waals surface area (Å²) in [6, 6.07) is 13.7. The van der Waals surface area contributed by atoms with Gasteiger partial charge in [0.05, 0.1) is 6.42 Å². The highest BCUT2D eigenvalue weighted by molar-refractivity contribution is 7.99. The number of ether oxygens (including phenoxy) is 1. The fraction of sp³-hybridized carbons (Fsp3) is 0.300. The fourth-order valence-corrected chi connectivity index (χ4v) is 3.07. The van der Waals surface area contributed by atoms with Crippen molar-refractivity contribution in [2.24, 2.45) is 0 Å². The third kappa shape index (κ3) is 6.60. The Morgan fingerprint density at radius 1 is 1.15 bits per heavy atom. The standard InChI is InChI=1S/C20H23FN2O3S/c1-14(20(25)22-15-8-10-16(11-9-15)23(2)3)26-19(24)12-13-27-18-7-5-4-6-17(18)21/h4-11,14H,12-13H2,1-3H3,(H,22,25). The van der Waals surface area contributed by atoms with Crippen molar-refractivity contribution in [3.8, 4) is 0 Å². The van der Waals surface area contributed by atoms with Crippen LogP contribution in [0.4, 0.5) is 15.8 Å². The topological polar surface area (TPSA) is 58.6 Å². The summed E-state index contributed by atoms with van der Waals surface area (Å²) < 4.78 is 18.7. The van der Waals surface area contributed by atoms with E-state index in [-0.39, 0.29) is 12.2 Å². The molecule has 0 aliphatic carbocycles. The van der Waals surface area contributed by atoms with E-state index in [2.05, 4.69) is 5.32 Å². The van der Waals surface area contributed by atoms with Crippen LogP contribution in [0.15, 0.2) is 53.4 Å². The van der Waals surface area contributed by atoms with Gasteiger partial charge in [-0.15, -0.1) is 11.8 Å². The van der Waals surface area contributed by atoms with E-state index in [1.54, 1.807) is 30.3 Å². The number of hydrogen-bond acceptors (Lipinski definition) is 5. The van der Waals surface area contributed by atoms with E-state index in [1.807, 2.05) is 31.1 Å². The summed E-state index contributed by atoms with van der Waals surface area (Å²) in [6.45, 7) is 1.52. The van der Waals surface area contributed by atoms with E-state index in [9.17, 15) is 14.0 Å². The molecule has 0 aliphatic rings. The van der Waals surface area contributed by atoms with Crippen molar-refractivity contribution in [1.82, 2.24) is 0 Å². The molecule has 0 aromatic heterocycles. The van der Waals surface area contributed by atoms with Crippen LogP contribution in [0.1, 0.15) is 13.3 Å². The lowest BCUT2D eigenvalue weighted by Gasteiger charge is -2.15. The first-order valence-electron chi connectivity index (χ1n) is 8.52. The highest BCUT2D eigenvalue weighted by Crippen LogP contribution is 2.22. The second-order valence-electron chi connectivity index (χ2n) is 6.09. The molecule has 0 saturated carbocycles. The SMILES string of the molecule is CC(OC(=O)CCSc1ccccc1F)C(=O)Nc1ccc(N(C)C)cc1. The summed E-state index contributed by atoms with van der Waals surface area (Å²) in [4.78, 5) is 26.5. The van der Waals surface area contributed by atoms with Crippen LogP contribution in [0.25, 0.3) is 0 Å². The average molecular weight is 390 g/mol. The molecule has 0 heterocycles. The molecule has 0 fully saturated rings. The minimum Gasteiger partial charge on any atom is -0.453 e. The van der Waals surface area contributed by atoms with Crippen molar-refractivity contribution in [2.75, 3.05) is 30.1 Å². The molecule has 0 aliphatic heterocycles. The van der Waals surface area contributed by atoms with Gasteiger partial charge < -0.3 is 15.0 Å². The Labute approximate surface area is 162 Å². The highest BCUT2D eigenvalue weighted by Gasteiger charge is 2.18. The van der Waals surface area contributed by atoms with Gasteiger partial charge in [-0.3, -0.25) is 9.59 Å². The number of nitrogens with zero attached hydrogens (tertiary/aromatic N) is 1. The summed E-state index contributed by atoms with van der Waals surface area (Å²) in [6.07, 6.45) is -0.821. The van der Waals surface area contributed by atoms with Crippen LogP contribution in [-0.4, -0.2) is 37.8 Å². The number of esters is 1. The molecule has 144 valence electrons. The van der Waals surface area contributed by atoms with E-state index in [0.29, 0.717) is 16.3 Å². The van der Waals surface area contributed by atoms with Gasteiger partial charge in [-0.2, -0.15) is 0 Å². The van der Waals surface area contributed by atoms with Crippen LogP contribution in [0, 0.1) is 5.82 Å². The molecular weight excluding hydrogens is 367 g/mol. The van der Waals surface area contributed by atoms with Crippen LogP contribution in [0.2, 0.25) is 0 Å². The molecule has 0 saturated heterocycles. The quantitative estimate of drug-likeness (QED) is 0.546. The normalized spacial score (nSPS) is 11.6. The Morgan fingerprint density at radius 3 is 2.44 bits per heavy atom. The molecule has 1 unspecified atom stereocenters. The lowest BCUT2D eigenvalue weighted by atomic mass is 10.2. The number of carbonyl (C=O) groups excluding carboxylic acids is 2. The molecule has 7 heteroatoms. The predicted octanol–water partition coefficient (Wildman–Crippen LogP) is 3.94. The maximum absolute atomic E-state index is 13.5. The second-order valence-corrected chi connectivity index (χ2v) is 7.23. The predicted molar refractivity (Wildman–Crippen MR) is 107 cm³/mol. The van der Waals surface area contributed by atoms with Crippen molar-refractivity contribution >= 4 is 35.0 Å². The molecule has 0 radical (unpaired) electrons. The summed E-state index contributed by atoms with van der Waals surface area (Å²) in [5.74, 6) is -0.837. The zero-order chi connectivity index (χ0) is 19.8. The van der Waals surface area contributed by atoms with Crippen molar-refractivity contribution in [2.45, 2.75) is 24.3 Å². The number of nitrogens with one attached hydrogen (secondary N) is 1.